The Hall–Kier alpha value is -3.75. The molecule has 8 heteroatoms. The zero-order valence-electron chi connectivity index (χ0n) is 19.0. The molecular formula is C26H25N3O4S. The number of aromatic amines is 1. The van der Waals surface area contributed by atoms with E-state index in [1.54, 1.807) is 37.4 Å². The summed E-state index contributed by atoms with van der Waals surface area (Å²) < 4.78 is 12.8. The number of H-pyrrole nitrogens is 1. The fraction of sp³-hybridized carbons (Fsp3) is 0.192. The van der Waals surface area contributed by atoms with Gasteiger partial charge in [-0.25, -0.2) is 0 Å². The van der Waals surface area contributed by atoms with Gasteiger partial charge in [0.25, 0.3) is 11.5 Å². The summed E-state index contributed by atoms with van der Waals surface area (Å²) >= 11 is 5.37. The number of ether oxygens (including phenoxy) is 2. The van der Waals surface area contributed by atoms with Gasteiger partial charge in [0.1, 0.15) is 5.75 Å². The van der Waals surface area contributed by atoms with Gasteiger partial charge in [-0.15, -0.1) is 0 Å². The van der Waals surface area contributed by atoms with E-state index in [9.17, 15) is 9.59 Å². The van der Waals surface area contributed by atoms with Gasteiger partial charge in [-0.1, -0.05) is 29.8 Å². The molecule has 0 bridgehead atoms. The lowest BCUT2D eigenvalue weighted by atomic mass is 10.1. The smallest absolute Gasteiger partial charge is 0.262 e. The minimum atomic E-state index is -0.328. The minimum Gasteiger partial charge on any atom is -0.455 e. The van der Waals surface area contributed by atoms with Crippen LogP contribution in [-0.2, 0) is 11.3 Å². The number of aromatic nitrogens is 2. The number of rotatable bonds is 8. The summed E-state index contributed by atoms with van der Waals surface area (Å²) in [4.78, 5) is 29.0. The van der Waals surface area contributed by atoms with Crippen LogP contribution in [0, 0.1) is 11.7 Å². The molecule has 1 amide bonds. The van der Waals surface area contributed by atoms with Crippen molar-refractivity contribution in [1.29, 1.82) is 0 Å². The number of aryl methyl sites for hydroxylation is 1. The van der Waals surface area contributed by atoms with Crippen LogP contribution in [0.25, 0.3) is 10.9 Å². The maximum atomic E-state index is 13.0. The molecule has 0 aliphatic heterocycles. The van der Waals surface area contributed by atoms with E-state index in [1.807, 2.05) is 43.3 Å². The molecule has 2 N–H and O–H groups in total. The molecule has 0 spiro atoms. The number of benzene rings is 3. The lowest BCUT2D eigenvalue weighted by Crippen LogP contribution is -2.23. The SMILES string of the molecule is COCCCn1c(=S)[nH]c2cc(C(=O)Nc3ccccc3Oc3ccc(C)cc3)ccc2c1=O. The van der Waals surface area contributed by atoms with E-state index < -0.39 is 0 Å². The lowest BCUT2D eigenvalue weighted by Gasteiger charge is -2.13. The highest BCUT2D eigenvalue weighted by Gasteiger charge is 2.13. The molecule has 1 aromatic heterocycles. The highest BCUT2D eigenvalue weighted by atomic mass is 32.1. The minimum absolute atomic E-state index is 0.196. The fourth-order valence-electron chi connectivity index (χ4n) is 3.55. The number of hydrogen-bond donors (Lipinski definition) is 2. The number of para-hydroxylation sites is 2. The first kappa shape index (κ1) is 23.4. The predicted molar refractivity (Wildman–Crippen MR) is 136 cm³/mol. The molecule has 0 unspecified atom stereocenters. The average Bonchev–Trinajstić information content (AvgIpc) is 2.83. The Labute approximate surface area is 202 Å². The second-order valence-electron chi connectivity index (χ2n) is 7.86. The van der Waals surface area contributed by atoms with Crippen molar-refractivity contribution in [3.8, 4) is 11.5 Å². The number of nitrogens with zero attached hydrogens (tertiary/aromatic N) is 1. The molecule has 0 aliphatic rings. The molecule has 0 radical (unpaired) electrons. The third-order valence-electron chi connectivity index (χ3n) is 5.36. The summed E-state index contributed by atoms with van der Waals surface area (Å²) in [6.45, 7) is 3.00. The third kappa shape index (κ3) is 5.24. The van der Waals surface area contributed by atoms with Gasteiger partial charge in [-0.05, 0) is 68.0 Å². The third-order valence-corrected chi connectivity index (χ3v) is 5.68. The van der Waals surface area contributed by atoms with Crippen LogP contribution in [0.5, 0.6) is 11.5 Å². The van der Waals surface area contributed by atoms with Gasteiger partial charge in [-0.2, -0.15) is 0 Å². The Morgan fingerprint density at radius 2 is 1.85 bits per heavy atom. The average molecular weight is 476 g/mol. The van der Waals surface area contributed by atoms with Crippen molar-refractivity contribution in [2.24, 2.45) is 0 Å². The Balaban J connectivity index is 1.58. The van der Waals surface area contributed by atoms with Crippen LogP contribution in [-0.4, -0.2) is 29.2 Å². The van der Waals surface area contributed by atoms with E-state index in [0.29, 0.717) is 58.0 Å². The topological polar surface area (TPSA) is 85.3 Å². The van der Waals surface area contributed by atoms with E-state index >= 15 is 0 Å². The van der Waals surface area contributed by atoms with Crippen molar-refractivity contribution in [3.63, 3.8) is 0 Å². The molecule has 7 nitrogen and oxygen atoms in total. The van der Waals surface area contributed by atoms with Gasteiger partial charge < -0.3 is 19.8 Å². The van der Waals surface area contributed by atoms with Crippen molar-refractivity contribution in [2.75, 3.05) is 19.0 Å². The zero-order chi connectivity index (χ0) is 24.1. The lowest BCUT2D eigenvalue weighted by molar-refractivity contribution is 0.102. The van der Waals surface area contributed by atoms with E-state index in [4.69, 9.17) is 21.7 Å². The molecule has 1 heterocycles. The first-order valence-electron chi connectivity index (χ1n) is 10.9. The highest BCUT2D eigenvalue weighted by molar-refractivity contribution is 7.71. The molecule has 0 fully saturated rings. The Bertz CT molecular complexity index is 1440. The largest absolute Gasteiger partial charge is 0.455 e. The van der Waals surface area contributed by atoms with E-state index in [-0.39, 0.29) is 11.5 Å². The van der Waals surface area contributed by atoms with Crippen molar-refractivity contribution in [2.45, 2.75) is 19.9 Å². The van der Waals surface area contributed by atoms with Crippen LogP contribution in [0.1, 0.15) is 22.3 Å². The molecule has 174 valence electrons. The molecule has 4 rings (SSSR count). The number of fused-ring (bicyclic) bond motifs is 1. The van der Waals surface area contributed by atoms with Gasteiger partial charge >= 0.3 is 0 Å². The molecule has 0 saturated heterocycles. The Morgan fingerprint density at radius 3 is 2.62 bits per heavy atom. The van der Waals surface area contributed by atoms with Crippen LogP contribution in [0.3, 0.4) is 0 Å². The maximum absolute atomic E-state index is 13.0. The summed E-state index contributed by atoms with van der Waals surface area (Å²) in [7, 11) is 1.61. The van der Waals surface area contributed by atoms with Crippen molar-refractivity contribution in [3.05, 3.63) is 93.0 Å². The normalized spacial score (nSPS) is 10.9. The Kier molecular flexibility index (Phi) is 7.20. The van der Waals surface area contributed by atoms with Crippen molar-refractivity contribution < 1.29 is 14.3 Å². The summed E-state index contributed by atoms with van der Waals surface area (Å²) in [5, 5.41) is 3.36. The molecule has 4 aromatic rings. The van der Waals surface area contributed by atoms with E-state index in [0.717, 1.165) is 5.56 Å². The predicted octanol–water partition coefficient (Wildman–Crippen LogP) is 5.45. The molecule has 34 heavy (non-hydrogen) atoms. The monoisotopic (exact) mass is 475 g/mol. The van der Waals surface area contributed by atoms with E-state index in [2.05, 4.69) is 10.3 Å². The second kappa shape index (κ2) is 10.5. The quantitative estimate of drug-likeness (QED) is 0.262. The molecule has 0 saturated carbocycles. The van der Waals surface area contributed by atoms with Crippen LogP contribution >= 0.6 is 12.2 Å². The fourth-order valence-corrected chi connectivity index (χ4v) is 3.84. The summed E-state index contributed by atoms with van der Waals surface area (Å²) in [6.07, 6.45) is 0.671. The van der Waals surface area contributed by atoms with Crippen LogP contribution in [0.15, 0.2) is 71.5 Å². The molecule has 0 aliphatic carbocycles. The first-order chi connectivity index (χ1) is 16.5. The number of methoxy groups -OCH3 is 1. The number of anilines is 1. The van der Waals surface area contributed by atoms with Gasteiger partial charge in [0.05, 0.1) is 16.6 Å². The first-order valence-corrected chi connectivity index (χ1v) is 11.3. The van der Waals surface area contributed by atoms with Crippen molar-refractivity contribution in [1.82, 2.24) is 9.55 Å². The highest BCUT2D eigenvalue weighted by Crippen LogP contribution is 2.30. The van der Waals surface area contributed by atoms with Crippen LogP contribution in [0.2, 0.25) is 0 Å². The van der Waals surface area contributed by atoms with Crippen molar-refractivity contribution >= 4 is 34.7 Å². The number of carbonyl (C=O) groups is 1. The zero-order valence-corrected chi connectivity index (χ0v) is 19.8. The summed E-state index contributed by atoms with van der Waals surface area (Å²) in [5.41, 5.74) is 2.37. The summed E-state index contributed by atoms with van der Waals surface area (Å²) in [6, 6.07) is 19.8. The number of carbonyl (C=O) groups excluding carboxylic acids is 1. The summed E-state index contributed by atoms with van der Waals surface area (Å²) in [5.74, 6) is 0.872. The maximum Gasteiger partial charge on any atom is 0.262 e. The van der Waals surface area contributed by atoms with Gasteiger partial charge in [0.15, 0.2) is 10.5 Å². The van der Waals surface area contributed by atoms with Crippen LogP contribution < -0.4 is 15.6 Å². The van der Waals surface area contributed by atoms with Gasteiger partial charge in [0, 0.05) is 25.8 Å². The van der Waals surface area contributed by atoms with E-state index in [1.165, 1.54) is 4.57 Å². The standard InChI is InChI=1S/C26H25N3O4S/c1-17-8-11-19(12-9-17)33-23-7-4-3-6-21(23)27-24(30)18-10-13-20-22(16-18)28-26(34)29(25(20)31)14-5-15-32-2/h3-4,6-13,16H,5,14-15H2,1-2H3,(H,27,30)(H,28,34). The molecular weight excluding hydrogens is 450 g/mol. The van der Waals surface area contributed by atoms with Gasteiger partial charge in [0.2, 0.25) is 0 Å². The van der Waals surface area contributed by atoms with Gasteiger partial charge in [-0.3, -0.25) is 14.2 Å². The number of nitrogens with one attached hydrogen (secondary N) is 2. The van der Waals surface area contributed by atoms with Crippen LogP contribution in [0.4, 0.5) is 5.69 Å². The second-order valence-corrected chi connectivity index (χ2v) is 8.25. The number of hydrogen-bond acceptors (Lipinski definition) is 5. The molecule has 3 aromatic carbocycles. The Morgan fingerprint density at radius 1 is 1.09 bits per heavy atom. The molecule has 0 atom stereocenters. The number of amides is 1.